The molecule has 0 atom stereocenters. The van der Waals surface area contributed by atoms with E-state index in [2.05, 4.69) is 15.6 Å². The lowest BCUT2D eigenvalue weighted by Gasteiger charge is -2.11. The van der Waals surface area contributed by atoms with Crippen LogP contribution in [0.3, 0.4) is 0 Å². The molecule has 0 aliphatic heterocycles. The van der Waals surface area contributed by atoms with E-state index in [-0.39, 0.29) is 0 Å². The highest BCUT2D eigenvalue weighted by molar-refractivity contribution is 7.14. The zero-order chi connectivity index (χ0) is 15.6. The molecule has 0 radical (unpaired) electrons. The van der Waals surface area contributed by atoms with Crippen molar-refractivity contribution in [3.63, 3.8) is 0 Å². The van der Waals surface area contributed by atoms with Crippen LogP contribution in [0.15, 0.2) is 17.5 Å². The highest BCUT2D eigenvalue weighted by Crippen LogP contribution is 2.27. The van der Waals surface area contributed by atoms with E-state index in [0.717, 1.165) is 16.8 Å². The second kappa shape index (κ2) is 6.24. The Morgan fingerprint density at radius 3 is 2.38 bits per heavy atom. The van der Waals surface area contributed by atoms with Crippen LogP contribution >= 0.6 is 22.9 Å². The number of aryl methyl sites for hydroxylation is 3. The molecule has 1 aromatic carbocycles. The van der Waals surface area contributed by atoms with Gasteiger partial charge in [-0.3, -0.25) is 14.9 Å². The van der Waals surface area contributed by atoms with Gasteiger partial charge in [-0.05, 0) is 38.0 Å². The van der Waals surface area contributed by atoms with Gasteiger partial charge in [0.1, 0.15) is 0 Å². The van der Waals surface area contributed by atoms with Crippen molar-refractivity contribution in [2.75, 3.05) is 10.6 Å². The highest BCUT2D eigenvalue weighted by atomic mass is 35.5. The van der Waals surface area contributed by atoms with E-state index >= 15 is 0 Å². The van der Waals surface area contributed by atoms with Crippen molar-refractivity contribution in [2.45, 2.75) is 20.8 Å². The van der Waals surface area contributed by atoms with Gasteiger partial charge in [0.15, 0.2) is 5.13 Å². The summed E-state index contributed by atoms with van der Waals surface area (Å²) in [5.74, 6) is -1.56. The van der Waals surface area contributed by atoms with E-state index in [9.17, 15) is 9.59 Å². The molecule has 0 spiro atoms. The summed E-state index contributed by atoms with van der Waals surface area (Å²) >= 11 is 7.35. The van der Waals surface area contributed by atoms with E-state index < -0.39 is 11.8 Å². The van der Waals surface area contributed by atoms with Crippen molar-refractivity contribution < 1.29 is 9.59 Å². The predicted octanol–water partition coefficient (Wildman–Crippen LogP) is 3.30. The van der Waals surface area contributed by atoms with Gasteiger partial charge in [0.25, 0.3) is 0 Å². The van der Waals surface area contributed by atoms with Gasteiger partial charge in [-0.15, -0.1) is 11.3 Å². The average molecular weight is 324 g/mol. The lowest BCUT2D eigenvalue weighted by atomic mass is 10.1. The summed E-state index contributed by atoms with van der Waals surface area (Å²) in [6.45, 7) is 5.53. The maximum Gasteiger partial charge on any atom is 0.315 e. The van der Waals surface area contributed by atoms with Crippen molar-refractivity contribution in [3.8, 4) is 0 Å². The molecule has 2 N–H and O–H groups in total. The maximum atomic E-state index is 11.9. The minimum atomic E-state index is -0.781. The Labute approximate surface area is 131 Å². The summed E-state index contributed by atoms with van der Waals surface area (Å²) in [4.78, 5) is 27.8. The molecule has 1 aromatic heterocycles. The average Bonchev–Trinajstić information content (AvgIpc) is 2.78. The summed E-state index contributed by atoms with van der Waals surface area (Å²) in [6.07, 6.45) is 0. The van der Waals surface area contributed by atoms with Crippen LogP contribution in [0.5, 0.6) is 0 Å². The number of halogens is 1. The highest BCUT2D eigenvalue weighted by Gasteiger charge is 2.17. The fourth-order valence-electron chi connectivity index (χ4n) is 1.81. The Morgan fingerprint density at radius 2 is 1.81 bits per heavy atom. The third-order valence-corrected chi connectivity index (χ3v) is 3.89. The number of carbonyl (C=O) groups is 2. The van der Waals surface area contributed by atoms with Crippen molar-refractivity contribution in [1.29, 1.82) is 0 Å². The molecule has 2 amide bonds. The van der Waals surface area contributed by atoms with E-state index in [1.54, 1.807) is 11.4 Å². The molecular formula is C14H14ClN3O2S. The smallest absolute Gasteiger partial charge is 0.315 e. The van der Waals surface area contributed by atoms with E-state index in [4.69, 9.17) is 11.6 Å². The van der Waals surface area contributed by atoms with Gasteiger partial charge in [-0.1, -0.05) is 17.7 Å². The number of rotatable bonds is 2. The van der Waals surface area contributed by atoms with Crippen LogP contribution in [0.2, 0.25) is 5.02 Å². The number of hydrogen-bond acceptors (Lipinski definition) is 4. The van der Waals surface area contributed by atoms with Crippen LogP contribution in [0.4, 0.5) is 10.8 Å². The van der Waals surface area contributed by atoms with Crippen molar-refractivity contribution in [1.82, 2.24) is 4.98 Å². The van der Waals surface area contributed by atoms with Gasteiger partial charge in [0.2, 0.25) is 0 Å². The molecule has 2 aromatic rings. The number of carbonyl (C=O) groups excluding carboxylic acids is 2. The number of thiazole rings is 1. The Kier molecular flexibility index (Phi) is 4.59. The fourth-order valence-corrected chi connectivity index (χ4v) is 2.86. The van der Waals surface area contributed by atoms with Crippen LogP contribution in [-0.2, 0) is 9.59 Å². The van der Waals surface area contributed by atoms with Gasteiger partial charge in [-0.25, -0.2) is 4.98 Å². The van der Waals surface area contributed by atoms with Crippen molar-refractivity contribution in [2.24, 2.45) is 0 Å². The van der Waals surface area contributed by atoms with E-state index in [1.165, 1.54) is 11.3 Å². The lowest BCUT2D eigenvalue weighted by Crippen LogP contribution is -2.29. The number of nitrogens with zero attached hydrogens (tertiary/aromatic N) is 1. The molecule has 7 heteroatoms. The molecule has 1 heterocycles. The summed E-state index contributed by atoms with van der Waals surface area (Å²) in [5.41, 5.74) is 3.01. The van der Waals surface area contributed by atoms with Gasteiger partial charge in [0, 0.05) is 5.38 Å². The normalized spacial score (nSPS) is 10.3. The molecular weight excluding hydrogens is 310 g/mol. The van der Waals surface area contributed by atoms with Gasteiger partial charge >= 0.3 is 11.8 Å². The van der Waals surface area contributed by atoms with Crippen LogP contribution in [-0.4, -0.2) is 16.8 Å². The Balaban J connectivity index is 2.09. The molecule has 0 saturated heterocycles. The SMILES string of the molecule is Cc1cc(C)c(NC(=O)C(=O)Nc2nc(C)cs2)c(Cl)c1. The molecule has 0 saturated carbocycles. The molecule has 0 aliphatic rings. The predicted molar refractivity (Wildman–Crippen MR) is 85.0 cm³/mol. The topological polar surface area (TPSA) is 71.1 Å². The number of anilines is 2. The number of nitrogens with one attached hydrogen (secondary N) is 2. The first-order valence-corrected chi connectivity index (χ1v) is 7.44. The van der Waals surface area contributed by atoms with Crippen LogP contribution < -0.4 is 10.6 Å². The molecule has 2 rings (SSSR count). The summed E-state index contributed by atoms with van der Waals surface area (Å²) in [5, 5.41) is 7.55. The van der Waals surface area contributed by atoms with E-state index in [1.807, 2.05) is 26.8 Å². The fraction of sp³-hybridized carbons (Fsp3) is 0.214. The molecule has 21 heavy (non-hydrogen) atoms. The van der Waals surface area contributed by atoms with Crippen molar-refractivity contribution >= 4 is 45.6 Å². The van der Waals surface area contributed by atoms with Crippen LogP contribution in [0.1, 0.15) is 16.8 Å². The molecule has 0 bridgehead atoms. The van der Waals surface area contributed by atoms with E-state index in [0.29, 0.717) is 15.8 Å². The molecule has 110 valence electrons. The molecule has 0 fully saturated rings. The number of amides is 2. The Morgan fingerprint density at radius 1 is 1.14 bits per heavy atom. The third kappa shape index (κ3) is 3.80. The Bertz CT molecular complexity index is 689. The number of aromatic nitrogens is 1. The summed E-state index contributed by atoms with van der Waals surface area (Å²) in [6, 6.07) is 3.61. The first kappa shape index (κ1) is 15.5. The second-order valence-electron chi connectivity index (χ2n) is 4.64. The lowest BCUT2D eigenvalue weighted by molar-refractivity contribution is -0.133. The summed E-state index contributed by atoms with van der Waals surface area (Å²) in [7, 11) is 0. The number of benzene rings is 1. The zero-order valence-electron chi connectivity index (χ0n) is 11.8. The minimum Gasteiger partial charge on any atom is -0.316 e. The quantitative estimate of drug-likeness (QED) is 0.833. The van der Waals surface area contributed by atoms with Crippen LogP contribution in [0, 0.1) is 20.8 Å². The third-order valence-electron chi connectivity index (χ3n) is 2.72. The molecule has 0 unspecified atom stereocenters. The van der Waals surface area contributed by atoms with Crippen molar-refractivity contribution in [3.05, 3.63) is 39.4 Å². The number of hydrogen-bond donors (Lipinski definition) is 2. The van der Waals surface area contributed by atoms with Gasteiger partial charge < -0.3 is 5.32 Å². The Hall–Kier alpha value is -1.92. The first-order chi connectivity index (χ1) is 9.86. The monoisotopic (exact) mass is 323 g/mol. The van der Waals surface area contributed by atoms with Crippen LogP contribution in [0.25, 0.3) is 0 Å². The summed E-state index contributed by atoms with van der Waals surface area (Å²) < 4.78 is 0. The minimum absolute atomic E-state index is 0.388. The molecule has 5 nitrogen and oxygen atoms in total. The standard InChI is InChI=1S/C14H14ClN3O2S/c1-7-4-8(2)11(10(15)5-7)17-12(19)13(20)18-14-16-9(3)6-21-14/h4-6H,1-3H3,(H,17,19)(H,16,18,20). The first-order valence-electron chi connectivity index (χ1n) is 6.18. The largest absolute Gasteiger partial charge is 0.316 e. The van der Waals surface area contributed by atoms with Gasteiger partial charge in [-0.2, -0.15) is 0 Å². The maximum absolute atomic E-state index is 11.9. The zero-order valence-corrected chi connectivity index (χ0v) is 13.4. The molecule has 0 aliphatic carbocycles. The van der Waals surface area contributed by atoms with Gasteiger partial charge in [0.05, 0.1) is 16.4 Å². The second-order valence-corrected chi connectivity index (χ2v) is 5.91.